The van der Waals surface area contributed by atoms with Crippen molar-refractivity contribution in [2.24, 2.45) is 0 Å². The zero-order valence-electron chi connectivity index (χ0n) is 7.45. The molecule has 0 amide bonds. The second-order valence-corrected chi connectivity index (χ2v) is 2.30. The molecule has 0 nitrogen and oxygen atoms in total. The van der Waals surface area contributed by atoms with Crippen molar-refractivity contribution < 1.29 is 51.0 Å². The van der Waals surface area contributed by atoms with Crippen molar-refractivity contribution in [2.75, 3.05) is 0 Å². The fourth-order valence-corrected chi connectivity index (χ4v) is 1.24. The topological polar surface area (TPSA) is 0 Å². The van der Waals surface area contributed by atoms with Crippen molar-refractivity contribution in [1.82, 2.24) is 0 Å². The molecular formula is C9H13Cl2Zr. The molecule has 0 bridgehead atoms. The van der Waals surface area contributed by atoms with E-state index in [0.29, 0.717) is 0 Å². The van der Waals surface area contributed by atoms with Crippen molar-refractivity contribution in [1.29, 1.82) is 0 Å². The minimum Gasteiger partial charge on any atom is -1.00 e. The molecule has 1 aliphatic carbocycles. The van der Waals surface area contributed by atoms with E-state index in [0.717, 1.165) is 12.8 Å². The minimum atomic E-state index is 0. The van der Waals surface area contributed by atoms with Crippen molar-refractivity contribution in [3.05, 3.63) is 23.3 Å². The number of allylic oxidation sites excluding steroid dienone is 4. The van der Waals surface area contributed by atoms with E-state index in [1.54, 1.807) is 0 Å². The maximum absolute atomic E-state index is 3.33. The molecule has 0 aromatic carbocycles. The predicted molar refractivity (Wildman–Crippen MR) is 40.0 cm³/mol. The van der Waals surface area contributed by atoms with E-state index in [1.807, 2.05) is 0 Å². The van der Waals surface area contributed by atoms with Crippen LogP contribution in [0.15, 0.2) is 17.2 Å². The zero-order valence-corrected chi connectivity index (χ0v) is 11.4. The van der Waals surface area contributed by atoms with Gasteiger partial charge in [0.1, 0.15) is 0 Å². The summed E-state index contributed by atoms with van der Waals surface area (Å²) in [5.74, 6) is 0. The molecule has 0 saturated heterocycles. The minimum absolute atomic E-state index is 0. The quantitative estimate of drug-likeness (QED) is 0.470. The van der Waals surface area contributed by atoms with Crippen LogP contribution < -0.4 is 24.8 Å². The second kappa shape index (κ2) is 10.0. The molecule has 0 aromatic rings. The molecule has 0 atom stereocenters. The molecule has 1 radical (unpaired) electrons. The summed E-state index contributed by atoms with van der Waals surface area (Å²) in [4.78, 5) is 0. The Morgan fingerprint density at radius 1 is 1.25 bits per heavy atom. The number of hydrogen-bond acceptors (Lipinski definition) is 0. The molecule has 12 heavy (non-hydrogen) atoms. The molecular weight excluding hydrogens is 270 g/mol. The normalized spacial score (nSPS) is 13.2. The van der Waals surface area contributed by atoms with E-state index in [4.69, 9.17) is 0 Å². The van der Waals surface area contributed by atoms with Gasteiger partial charge in [0.05, 0.1) is 0 Å². The number of halogens is 2. The molecule has 1 aliphatic rings. The van der Waals surface area contributed by atoms with Gasteiger partial charge < -0.3 is 24.8 Å². The number of rotatable bonds is 2. The first-order valence-corrected chi connectivity index (χ1v) is 3.67. The molecule has 0 N–H and O–H groups in total. The summed E-state index contributed by atoms with van der Waals surface area (Å²) in [5, 5.41) is 0. The standard InChI is InChI=1S/C9H13.2ClH.Zr/c1-3-8-6-5-7-9(8)4-2;;;/h6H,3-5H2,1-2H3;2*1H;/q-1;;;+3/p-2. The average Bonchev–Trinajstić information content (AvgIpc) is 2.33. The second-order valence-electron chi connectivity index (χ2n) is 2.30. The summed E-state index contributed by atoms with van der Waals surface area (Å²) < 4.78 is 0. The summed E-state index contributed by atoms with van der Waals surface area (Å²) in [5.41, 5.74) is 2.95. The SMILES string of the molecule is CCC1=[C-]CC=C1CC.[Cl-].[Cl-].[Zr+3]. The molecule has 0 unspecified atom stereocenters. The fraction of sp³-hybridized carbons (Fsp3) is 0.556. The molecule has 3 heteroatoms. The Balaban J connectivity index is -0.000000270. The maximum Gasteiger partial charge on any atom is 3.00 e. The largest absolute Gasteiger partial charge is 3.00 e. The van der Waals surface area contributed by atoms with Gasteiger partial charge in [-0.2, -0.15) is 11.6 Å². The third kappa shape index (κ3) is 4.85. The molecule has 0 heterocycles. The van der Waals surface area contributed by atoms with Crippen LogP contribution in [0.2, 0.25) is 0 Å². The molecule has 0 saturated carbocycles. The van der Waals surface area contributed by atoms with Crippen molar-refractivity contribution >= 4 is 0 Å². The Labute approximate surface area is 107 Å². The Morgan fingerprint density at radius 2 is 1.83 bits per heavy atom. The van der Waals surface area contributed by atoms with Gasteiger partial charge in [-0.3, -0.25) is 6.08 Å². The Morgan fingerprint density at radius 3 is 2.17 bits per heavy atom. The van der Waals surface area contributed by atoms with Crippen LogP contribution in [-0.4, -0.2) is 0 Å². The van der Waals surface area contributed by atoms with Gasteiger partial charge in [-0.25, -0.2) is 5.57 Å². The Bertz CT molecular complexity index is 144. The van der Waals surface area contributed by atoms with Crippen LogP contribution in [0.4, 0.5) is 0 Å². The van der Waals surface area contributed by atoms with Crippen LogP contribution >= 0.6 is 0 Å². The molecule has 0 spiro atoms. The smallest absolute Gasteiger partial charge is 1.00 e. The first-order chi connectivity index (χ1) is 4.38. The van der Waals surface area contributed by atoms with Gasteiger partial charge in [0.25, 0.3) is 0 Å². The van der Waals surface area contributed by atoms with E-state index >= 15 is 0 Å². The van der Waals surface area contributed by atoms with Crippen LogP contribution in [0.25, 0.3) is 0 Å². The summed E-state index contributed by atoms with van der Waals surface area (Å²) >= 11 is 0. The van der Waals surface area contributed by atoms with Crippen LogP contribution in [0.5, 0.6) is 0 Å². The van der Waals surface area contributed by atoms with Gasteiger partial charge in [0.2, 0.25) is 0 Å². The van der Waals surface area contributed by atoms with Gasteiger partial charge >= 0.3 is 26.2 Å². The van der Waals surface area contributed by atoms with Crippen LogP contribution in [-0.2, 0) is 26.2 Å². The summed E-state index contributed by atoms with van der Waals surface area (Å²) in [6.45, 7) is 4.39. The monoisotopic (exact) mass is 281 g/mol. The summed E-state index contributed by atoms with van der Waals surface area (Å²) in [6.07, 6.45) is 8.99. The molecule has 1 rings (SSSR count). The van der Waals surface area contributed by atoms with E-state index in [2.05, 4.69) is 26.0 Å². The molecule has 0 fully saturated rings. The van der Waals surface area contributed by atoms with Gasteiger partial charge in [-0.15, -0.1) is 6.42 Å². The molecule has 67 valence electrons. The Hall–Kier alpha value is 0.943. The van der Waals surface area contributed by atoms with Gasteiger partial charge in [0.15, 0.2) is 0 Å². The van der Waals surface area contributed by atoms with Crippen molar-refractivity contribution in [2.45, 2.75) is 33.1 Å². The van der Waals surface area contributed by atoms with Crippen LogP contribution in [0.1, 0.15) is 33.1 Å². The van der Waals surface area contributed by atoms with Crippen molar-refractivity contribution in [3.8, 4) is 0 Å². The van der Waals surface area contributed by atoms with Gasteiger partial charge in [0, 0.05) is 0 Å². The maximum atomic E-state index is 3.33. The molecule has 0 aliphatic heterocycles. The Kier molecular flexibility index (Phi) is 15.6. The predicted octanol–water partition coefficient (Wildman–Crippen LogP) is -3.13. The summed E-state index contributed by atoms with van der Waals surface area (Å²) in [6, 6.07) is 0. The summed E-state index contributed by atoms with van der Waals surface area (Å²) in [7, 11) is 0. The third-order valence-corrected chi connectivity index (χ3v) is 1.79. The number of hydrogen-bond donors (Lipinski definition) is 0. The zero-order chi connectivity index (χ0) is 6.69. The first kappa shape index (κ1) is 18.7. The fourth-order valence-electron chi connectivity index (χ4n) is 1.24. The van der Waals surface area contributed by atoms with Gasteiger partial charge in [-0.05, 0) is 0 Å². The average molecular weight is 283 g/mol. The van der Waals surface area contributed by atoms with E-state index in [-0.39, 0.29) is 51.0 Å². The third-order valence-electron chi connectivity index (χ3n) is 1.79. The van der Waals surface area contributed by atoms with E-state index in [9.17, 15) is 0 Å². The van der Waals surface area contributed by atoms with Crippen LogP contribution in [0, 0.1) is 6.08 Å². The van der Waals surface area contributed by atoms with Crippen molar-refractivity contribution in [3.63, 3.8) is 0 Å². The van der Waals surface area contributed by atoms with E-state index in [1.165, 1.54) is 17.6 Å². The van der Waals surface area contributed by atoms with Gasteiger partial charge in [-0.1, -0.05) is 26.7 Å². The molecule has 0 aromatic heterocycles. The first-order valence-electron chi connectivity index (χ1n) is 3.67. The van der Waals surface area contributed by atoms with E-state index < -0.39 is 0 Å². The van der Waals surface area contributed by atoms with Crippen LogP contribution in [0.3, 0.4) is 0 Å².